The molecule has 1 N–H and O–H groups in total. The Hall–Kier alpha value is -1.10. The van der Waals surface area contributed by atoms with Gasteiger partial charge in [-0.2, -0.15) is 0 Å². The van der Waals surface area contributed by atoms with Gasteiger partial charge in [-0.25, -0.2) is 0 Å². The van der Waals surface area contributed by atoms with Crippen molar-refractivity contribution < 1.29 is 19.4 Å². The predicted octanol–water partition coefficient (Wildman–Crippen LogP) is 2.20. The fraction of sp³-hybridized carbons (Fsp3) is 0.417. The zero-order valence-corrected chi connectivity index (χ0v) is 10.3. The van der Waals surface area contributed by atoms with Gasteiger partial charge in [-0.1, -0.05) is 23.7 Å². The van der Waals surface area contributed by atoms with Crippen LogP contribution in [-0.4, -0.2) is 31.6 Å². The highest BCUT2D eigenvalue weighted by Gasteiger charge is 2.18. The Labute approximate surface area is 105 Å². The second-order valence-electron chi connectivity index (χ2n) is 3.64. The lowest BCUT2D eigenvalue weighted by Crippen LogP contribution is -2.22. The number of hydrogen-bond acceptors (Lipinski definition) is 3. The molecule has 0 aliphatic rings. The first kappa shape index (κ1) is 14.0. The van der Waals surface area contributed by atoms with Crippen LogP contribution in [0.4, 0.5) is 0 Å². The number of carboxylic acids is 1. The number of halogens is 1. The van der Waals surface area contributed by atoms with Crippen LogP contribution in [0.3, 0.4) is 0 Å². The largest absolute Gasteiger partial charge is 0.481 e. The molecule has 0 unspecified atom stereocenters. The van der Waals surface area contributed by atoms with E-state index in [1.54, 1.807) is 12.1 Å². The third-order valence-electron chi connectivity index (χ3n) is 2.26. The first-order valence-electron chi connectivity index (χ1n) is 5.17. The molecular formula is C12H15ClO4. The Bertz CT molecular complexity index is 350. The molecule has 0 amide bonds. The van der Waals surface area contributed by atoms with Crippen molar-refractivity contribution in [1.29, 1.82) is 0 Å². The third kappa shape index (κ3) is 5.17. The van der Waals surface area contributed by atoms with Crippen LogP contribution in [-0.2, 0) is 20.7 Å². The molecule has 0 heterocycles. The van der Waals surface area contributed by atoms with Gasteiger partial charge >= 0.3 is 5.97 Å². The van der Waals surface area contributed by atoms with Gasteiger partial charge < -0.3 is 14.6 Å². The minimum absolute atomic E-state index is 0.102. The Balaban J connectivity index is 2.54. The van der Waals surface area contributed by atoms with Crippen LogP contribution >= 0.6 is 11.6 Å². The van der Waals surface area contributed by atoms with Crippen molar-refractivity contribution in [2.24, 2.45) is 5.92 Å². The van der Waals surface area contributed by atoms with Crippen molar-refractivity contribution in [3.63, 3.8) is 0 Å². The van der Waals surface area contributed by atoms with Crippen LogP contribution in [0, 0.1) is 5.92 Å². The van der Waals surface area contributed by atoms with E-state index in [9.17, 15) is 4.79 Å². The van der Waals surface area contributed by atoms with E-state index in [0.717, 1.165) is 5.56 Å². The molecule has 0 radical (unpaired) electrons. The van der Waals surface area contributed by atoms with E-state index in [0.29, 0.717) is 11.4 Å². The van der Waals surface area contributed by atoms with Crippen molar-refractivity contribution in [3.8, 4) is 0 Å². The molecule has 0 aliphatic heterocycles. The SMILES string of the molecule is COCOC[C@H](Cc1ccc(Cl)cc1)C(=O)O. The van der Waals surface area contributed by atoms with E-state index in [2.05, 4.69) is 0 Å². The summed E-state index contributed by atoms with van der Waals surface area (Å²) in [5, 5.41) is 9.68. The molecule has 4 nitrogen and oxygen atoms in total. The van der Waals surface area contributed by atoms with Gasteiger partial charge in [0.1, 0.15) is 6.79 Å². The molecular weight excluding hydrogens is 244 g/mol. The fourth-order valence-corrected chi connectivity index (χ4v) is 1.52. The predicted molar refractivity (Wildman–Crippen MR) is 64.1 cm³/mol. The van der Waals surface area contributed by atoms with Gasteiger partial charge in [-0.05, 0) is 24.1 Å². The van der Waals surface area contributed by atoms with Gasteiger partial charge in [0.05, 0.1) is 12.5 Å². The van der Waals surface area contributed by atoms with Crippen molar-refractivity contribution in [2.45, 2.75) is 6.42 Å². The van der Waals surface area contributed by atoms with E-state index in [4.69, 9.17) is 26.2 Å². The van der Waals surface area contributed by atoms with Gasteiger partial charge in [-0.3, -0.25) is 4.79 Å². The van der Waals surface area contributed by atoms with Gasteiger partial charge in [0.2, 0.25) is 0 Å². The zero-order chi connectivity index (χ0) is 12.7. The molecule has 0 aromatic heterocycles. The highest BCUT2D eigenvalue weighted by atomic mass is 35.5. The fourth-order valence-electron chi connectivity index (χ4n) is 1.40. The molecule has 1 aromatic rings. The van der Waals surface area contributed by atoms with Crippen molar-refractivity contribution in [2.75, 3.05) is 20.5 Å². The Morgan fingerprint density at radius 2 is 2.06 bits per heavy atom. The van der Waals surface area contributed by atoms with E-state index in [1.165, 1.54) is 7.11 Å². The normalized spacial score (nSPS) is 12.4. The minimum Gasteiger partial charge on any atom is -0.481 e. The number of methoxy groups -OCH3 is 1. The van der Waals surface area contributed by atoms with Crippen LogP contribution in [0.5, 0.6) is 0 Å². The summed E-state index contributed by atoms with van der Waals surface area (Å²) in [7, 11) is 1.50. The maximum Gasteiger partial charge on any atom is 0.309 e. The van der Waals surface area contributed by atoms with Crippen molar-refractivity contribution >= 4 is 17.6 Å². The second kappa shape index (κ2) is 7.27. The molecule has 1 atom stereocenters. The molecule has 0 bridgehead atoms. The van der Waals surface area contributed by atoms with E-state index < -0.39 is 11.9 Å². The highest BCUT2D eigenvalue weighted by molar-refractivity contribution is 6.30. The lowest BCUT2D eigenvalue weighted by molar-refractivity contribution is -0.145. The summed E-state index contributed by atoms with van der Waals surface area (Å²) in [6.45, 7) is 0.232. The first-order chi connectivity index (χ1) is 8.13. The van der Waals surface area contributed by atoms with Crippen LogP contribution in [0.25, 0.3) is 0 Å². The van der Waals surface area contributed by atoms with Crippen LogP contribution in [0.2, 0.25) is 5.02 Å². The average Bonchev–Trinajstić information content (AvgIpc) is 2.30. The number of rotatable bonds is 7. The van der Waals surface area contributed by atoms with Gasteiger partial charge in [0.15, 0.2) is 0 Å². The quantitative estimate of drug-likeness (QED) is 0.602. The number of hydrogen-bond donors (Lipinski definition) is 1. The molecule has 1 rings (SSSR count). The van der Waals surface area contributed by atoms with Gasteiger partial charge in [0, 0.05) is 12.1 Å². The summed E-state index contributed by atoms with van der Waals surface area (Å²) in [6.07, 6.45) is 0.413. The smallest absolute Gasteiger partial charge is 0.309 e. The molecule has 5 heteroatoms. The second-order valence-corrected chi connectivity index (χ2v) is 4.08. The number of ether oxygens (including phenoxy) is 2. The average molecular weight is 259 g/mol. The molecule has 0 aliphatic carbocycles. The van der Waals surface area contributed by atoms with Crippen molar-refractivity contribution in [1.82, 2.24) is 0 Å². The van der Waals surface area contributed by atoms with E-state index in [1.807, 2.05) is 12.1 Å². The van der Waals surface area contributed by atoms with Crippen molar-refractivity contribution in [3.05, 3.63) is 34.9 Å². The molecule has 17 heavy (non-hydrogen) atoms. The molecule has 0 saturated carbocycles. The molecule has 1 aromatic carbocycles. The summed E-state index contributed by atoms with van der Waals surface area (Å²) < 4.78 is 9.78. The maximum atomic E-state index is 11.0. The van der Waals surface area contributed by atoms with Gasteiger partial charge in [-0.15, -0.1) is 0 Å². The maximum absolute atomic E-state index is 11.0. The monoisotopic (exact) mass is 258 g/mol. The van der Waals surface area contributed by atoms with E-state index >= 15 is 0 Å². The van der Waals surface area contributed by atoms with Crippen LogP contribution in [0.15, 0.2) is 24.3 Å². The topological polar surface area (TPSA) is 55.8 Å². The lowest BCUT2D eigenvalue weighted by Gasteiger charge is -2.12. The Morgan fingerprint density at radius 1 is 1.41 bits per heavy atom. The summed E-state index contributed by atoms with van der Waals surface area (Å²) in [6, 6.07) is 7.11. The number of aliphatic carboxylic acids is 1. The third-order valence-corrected chi connectivity index (χ3v) is 2.52. The summed E-state index contributed by atoms with van der Waals surface area (Å²) >= 11 is 5.76. The Kier molecular flexibility index (Phi) is 5.97. The number of benzene rings is 1. The standard InChI is InChI=1S/C12H15ClO4/c1-16-8-17-7-10(12(14)15)6-9-2-4-11(13)5-3-9/h2-5,10H,6-8H2,1H3,(H,14,15)/t10-/m0/s1. The highest BCUT2D eigenvalue weighted by Crippen LogP contribution is 2.14. The van der Waals surface area contributed by atoms with Crippen LogP contribution < -0.4 is 0 Å². The minimum atomic E-state index is -0.879. The number of carbonyl (C=O) groups is 1. The molecule has 0 saturated heterocycles. The number of carboxylic acid groups (broad SMARTS) is 1. The summed E-state index contributed by atoms with van der Waals surface area (Å²) in [4.78, 5) is 11.0. The molecule has 0 spiro atoms. The summed E-state index contributed by atoms with van der Waals surface area (Å²) in [5.74, 6) is -1.46. The lowest BCUT2D eigenvalue weighted by atomic mass is 10.0. The van der Waals surface area contributed by atoms with Crippen LogP contribution in [0.1, 0.15) is 5.56 Å². The molecule has 94 valence electrons. The molecule has 0 fully saturated rings. The summed E-state index contributed by atoms with van der Waals surface area (Å²) in [5.41, 5.74) is 0.919. The van der Waals surface area contributed by atoms with E-state index in [-0.39, 0.29) is 13.4 Å². The van der Waals surface area contributed by atoms with Gasteiger partial charge in [0.25, 0.3) is 0 Å². The zero-order valence-electron chi connectivity index (χ0n) is 9.56. The Morgan fingerprint density at radius 3 is 2.59 bits per heavy atom. The first-order valence-corrected chi connectivity index (χ1v) is 5.55.